The van der Waals surface area contributed by atoms with Gasteiger partial charge >= 0.3 is 0 Å². The molecule has 32 heavy (non-hydrogen) atoms. The van der Waals surface area contributed by atoms with Crippen LogP contribution in [0.4, 0.5) is 11.4 Å². The average molecular weight is 436 g/mol. The molecule has 0 aliphatic heterocycles. The highest BCUT2D eigenvalue weighted by Gasteiger charge is 2.16. The predicted molar refractivity (Wildman–Crippen MR) is 121 cm³/mol. The van der Waals surface area contributed by atoms with Crippen molar-refractivity contribution in [2.24, 2.45) is 0 Å². The van der Waals surface area contributed by atoms with E-state index in [1.54, 1.807) is 67.8 Å². The van der Waals surface area contributed by atoms with E-state index in [1.807, 2.05) is 6.07 Å². The van der Waals surface area contributed by atoms with Gasteiger partial charge in [-0.25, -0.2) is 0 Å². The fourth-order valence-electron chi connectivity index (χ4n) is 2.90. The predicted octanol–water partition coefficient (Wildman–Crippen LogP) is 3.98. The van der Waals surface area contributed by atoms with Crippen LogP contribution in [0.5, 0.6) is 23.0 Å². The summed E-state index contributed by atoms with van der Waals surface area (Å²) in [6, 6.07) is 18.9. The first-order valence-electron chi connectivity index (χ1n) is 9.73. The number of nitrogens with one attached hydrogen (secondary N) is 2. The lowest BCUT2D eigenvalue weighted by Crippen LogP contribution is -2.21. The zero-order chi connectivity index (χ0) is 22.9. The highest BCUT2D eigenvalue weighted by atomic mass is 16.5. The van der Waals surface area contributed by atoms with E-state index >= 15 is 0 Å². The number of anilines is 2. The van der Waals surface area contributed by atoms with Crippen LogP contribution in [-0.4, -0.2) is 39.8 Å². The third kappa shape index (κ3) is 5.69. The third-order valence-corrected chi connectivity index (χ3v) is 4.49. The quantitative estimate of drug-likeness (QED) is 0.527. The maximum absolute atomic E-state index is 12.5. The molecule has 3 rings (SSSR count). The van der Waals surface area contributed by atoms with Crippen LogP contribution >= 0.6 is 0 Å². The summed E-state index contributed by atoms with van der Waals surface area (Å²) in [4.78, 5) is 24.9. The number of carbonyl (C=O) groups excluding carboxylic acids is 2. The minimum atomic E-state index is -0.394. The molecule has 0 unspecified atom stereocenters. The summed E-state index contributed by atoms with van der Waals surface area (Å²) in [6.45, 7) is -0.217. The summed E-state index contributed by atoms with van der Waals surface area (Å²) in [5.74, 6) is 1.15. The lowest BCUT2D eigenvalue weighted by atomic mass is 10.2. The molecule has 2 amide bonds. The van der Waals surface area contributed by atoms with Crippen molar-refractivity contribution >= 4 is 23.2 Å². The highest BCUT2D eigenvalue weighted by molar-refractivity contribution is 6.05. The topological polar surface area (TPSA) is 95.1 Å². The number of hydrogen-bond donors (Lipinski definition) is 2. The zero-order valence-electron chi connectivity index (χ0n) is 18.0. The van der Waals surface area contributed by atoms with Crippen LogP contribution in [0, 0.1) is 0 Å². The second-order valence-corrected chi connectivity index (χ2v) is 6.59. The summed E-state index contributed by atoms with van der Waals surface area (Å²) in [7, 11) is 4.49. The van der Waals surface area contributed by atoms with Gasteiger partial charge in [0.2, 0.25) is 0 Å². The van der Waals surface area contributed by atoms with Crippen molar-refractivity contribution in [3.63, 3.8) is 0 Å². The first kappa shape index (κ1) is 22.5. The van der Waals surface area contributed by atoms with Crippen LogP contribution in [0.2, 0.25) is 0 Å². The Bertz CT molecular complexity index is 1090. The van der Waals surface area contributed by atoms with Crippen LogP contribution in [0.15, 0.2) is 66.7 Å². The number of rotatable bonds is 9. The molecule has 2 N–H and O–H groups in total. The first-order valence-corrected chi connectivity index (χ1v) is 9.73. The summed E-state index contributed by atoms with van der Waals surface area (Å²) < 4.78 is 21.4. The van der Waals surface area contributed by atoms with Crippen LogP contribution in [0.3, 0.4) is 0 Å². The van der Waals surface area contributed by atoms with Gasteiger partial charge in [-0.1, -0.05) is 24.3 Å². The molecule has 0 fully saturated rings. The fourth-order valence-corrected chi connectivity index (χ4v) is 2.90. The second kappa shape index (κ2) is 10.7. The minimum Gasteiger partial charge on any atom is -0.497 e. The lowest BCUT2D eigenvalue weighted by molar-refractivity contribution is -0.118. The van der Waals surface area contributed by atoms with Crippen LogP contribution in [0.25, 0.3) is 0 Å². The van der Waals surface area contributed by atoms with E-state index in [4.69, 9.17) is 18.9 Å². The van der Waals surface area contributed by atoms with Gasteiger partial charge in [0, 0.05) is 23.8 Å². The maximum atomic E-state index is 12.5. The van der Waals surface area contributed by atoms with Crippen molar-refractivity contribution in [2.75, 3.05) is 38.6 Å². The molecule has 3 aromatic carbocycles. The van der Waals surface area contributed by atoms with Gasteiger partial charge in [-0.3, -0.25) is 9.59 Å². The van der Waals surface area contributed by atoms with Crippen molar-refractivity contribution in [3.05, 3.63) is 72.3 Å². The van der Waals surface area contributed by atoms with Gasteiger partial charge in [-0.15, -0.1) is 0 Å². The lowest BCUT2D eigenvalue weighted by Gasteiger charge is -2.16. The van der Waals surface area contributed by atoms with Crippen LogP contribution in [0.1, 0.15) is 10.4 Å². The Morgan fingerprint density at radius 3 is 1.97 bits per heavy atom. The van der Waals surface area contributed by atoms with E-state index in [-0.39, 0.29) is 12.5 Å². The molecular formula is C24H24N2O6. The molecule has 0 aliphatic carbocycles. The normalized spacial score (nSPS) is 10.1. The average Bonchev–Trinajstić information content (AvgIpc) is 2.83. The Morgan fingerprint density at radius 1 is 0.719 bits per heavy atom. The third-order valence-electron chi connectivity index (χ3n) is 4.49. The maximum Gasteiger partial charge on any atom is 0.262 e. The summed E-state index contributed by atoms with van der Waals surface area (Å²) in [6.07, 6.45) is 0. The highest BCUT2D eigenvalue weighted by Crippen LogP contribution is 2.36. The summed E-state index contributed by atoms with van der Waals surface area (Å²) in [5, 5.41) is 5.53. The molecule has 0 radical (unpaired) electrons. The van der Waals surface area contributed by atoms with Crippen LogP contribution < -0.4 is 29.6 Å². The van der Waals surface area contributed by atoms with Crippen molar-refractivity contribution in [1.29, 1.82) is 0 Å². The first-order chi connectivity index (χ1) is 15.5. The van der Waals surface area contributed by atoms with E-state index in [2.05, 4.69) is 10.6 Å². The summed E-state index contributed by atoms with van der Waals surface area (Å²) in [5.41, 5.74) is 1.28. The van der Waals surface area contributed by atoms with E-state index in [0.717, 1.165) is 0 Å². The Kier molecular flexibility index (Phi) is 7.53. The molecule has 0 aliphatic rings. The largest absolute Gasteiger partial charge is 0.497 e. The van der Waals surface area contributed by atoms with Gasteiger partial charge < -0.3 is 29.6 Å². The molecule has 3 aromatic rings. The number of carbonyl (C=O) groups is 2. The molecule has 0 aromatic heterocycles. The number of amides is 2. The number of methoxy groups -OCH3 is 3. The molecule has 0 atom stereocenters. The molecule has 8 heteroatoms. The Hall–Kier alpha value is -4.20. The van der Waals surface area contributed by atoms with Crippen molar-refractivity contribution in [1.82, 2.24) is 0 Å². The van der Waals surface area contributed by atoms with Crippen molar-refractivity contribution < 1.29 is 28.5 Å². The number of ether oxygens (including phenoxy) is 4. The van der Waals surface area contributed by atoms with Gasteiger partial charge in [0.15, 0.2) is 6.61 Å². The Labute approximate surface area is 186 Å². The molecule has 0 saturated heterocycles. The molecule has 0 bridgehead atoms. The van der Waals surface area contributed by atoms with Crippen LogP contribution in [-0.2, 0) is 4.79 Å². The standard InChI is InChI=1S/C24H24N2O6/c1-29-17-10-7-11-18(12-17)32-15-23(27)25-19-13-22(31-3)20(14-21(19)30-2)26-24(28)16-8-5-4-6-9-16/h4-14H,15H2,1-3H3,(H,25,27)(H,26,28). The van der Waals surface area contributed by atoms with Gasteiger partial charge in [-0.05, 0) is 24.3 Å². The van der Waals surface area contributed by atoms with Gasteiger partial charge in [0.05, 0.1) is 32.7 Å². The van der Waals surface area contributed by atoms with E-state index in [0.29, 0.717) is 39.9 Å². The number of benzene rings is 3. The second-order valence-electron chi connectivity index (χ2n) is 6.59. The van der Waals surface area contributed by atoms with Gasteiger partial charge in [-0.2, -0.15) is 0 Å². The molecular weight excluding hydrogens is 412 g/mol. The monoisotopic (exact) mass is 436 g/mol. The zero-order valence-corrected chi connectivity index (χ0v) is 18.0. The molecule has 0 heterocycles. The van der Waals surface area contributed by atoms with E-state index < -0.39 is 5.91 Å². The molecule has 0 saturated carbocycles. The van der Waals surface area contributed by atoms with E-state index in [9.17, 15) is 9.59 Å². The number of hydrogen-bond acceptors (Lipinski definition) is 6. The van der Waals surface area contributed by atoms with Gasteiger partial charge in [0.1, 0.15) is 23.0 Å². The molecule has 8 nitrogen and oxygen atoms in total. The summed E-state index contributed by atoms with van der Waals surface area (Å²) >= 11 is 0. The van der Waals surface area contributed by atoms with Gasteiger partial charge in [0.25, 0.3) is 11.8 Å². The smallest absolute Gasteiger partial charge is 0.262 e. The molecule has 0 spiro atoms. The fraction of sp³-hybridized carbons (Fsp3) is 0.167. The van der Waals surface area contributed by atoms with E-state index in [1.165, 1.54) is 14.2 Å². The molecule has 166 valence electrons. The SMILES string of the molecule is COc1cccc(OCC(=O)Nc2cc(OC)c(NC(=O)c3ccccc3)cc2OC)c1. The van der Waals surface area contributed by atoms with Crippen molar-refractivity contribution in [3.8, 4) is 23.0 Å². The Morgan fingerprint density at radius 2 is 1.34 bits per heavy atom. The van der Waals surface area contributed by atoms with Crippen molar-refractivity contribution in [2.45, 2.75) is 0 Å². The Balaban J connectivity index is 1.72. The minimum absolute atomic E-state index is 0.217.